The zero-order valence-corrected chi connectivity index (χ0v) is 19.6. The van der Waals surface area contributed by atoms with Crippen LogP contribution in [0.1, 0.15) is 57.4 Å². The van der Waals surface area contributed by atoms with Gasteiger partial charge in [-0.2, -0.15) is 0 Å². The number of rotatable bonds is 13. The third-order valence-corrected chi connectivity index (χ3v) is 5.15. The van der Waals surface area contributed by atoms with E-state index >= 15 is 0 Å². The SMILES string of the molecule is CCCCN(CCCC)CCCOc1ccc(/C=C/c2nc3ccccc3o2)cc1.Cl. The van der Waals surface area contributed by atoms with E-state index in [1.165, 1.54) is 38.8 Å². The highest BCUT2D eigenvalue weighted by Gasteiger charge is 2.04. The van der Waals surface area contributed by atoms with E-state index in [-0.39, 0.29) is 12.4 Å². The van der Waals surface area contributed by atoms with Gasteiger partial charge in [0, 0.05) is 12.6 Å². The number of fused-ring (bicyclic) bond motifs is 1. The van der Waals surface area contributed by atoms with Crippen molar-refractivity contribution in [2.45, 2.75) is 46.0 Å². The summed E-state index contributed by atoms with van der Waals surface area (Å²) < 4.78 is 11.7. The average Bonchev–Trinajstić information content (AvgIpc) is 3.20. The quantitative estimate of drug-likeness (QED) is 0.265. The Kier molecular flexibility index (Phi) is 11.2. The van der Waals surface area contributed by atoms with Gasteiger partial charge >= 0.3 is 0 Å². The molecule has 0 aliphatic heterocycles. The molecule has 0 saturated heterocycles. The predicted octanol–water partition coefficient (Wildman–Crippen LogP) is 7.09. The second kappa shape index (κ2) is 13.9. The van der Waals surface area contributed by atoms with Crippen molar-refractivity contribution in [2.75, 3.05) is 26.2 Å². The first-order chi connectivity index (χ1) is 14.8. The van der Waals surface area contributed by atoms with Crippen LogP contribution < -0.4 is 4.74 Å². The normalized spacial score (nSPS) is 11.3. The lowest BCUT2D eigenvalue weighted by atomic mass is 10.2. The van der Waals surface area contributed by atoms with Crippen LogP contribution in [0.2, 0.25) is 0 Å². The monoisotopic (exact) mass is 442 g/mol. The lowest BCUT2D eigenvalue weighted by Gasteiger charge is -2.21. The number of unbranched alkanes of at least 4 members (excludes halogenated alkanes) is 2. The van der Waals surface area contributed by atoms with Gasteiger partial charge in [0.05, 0.1) is 6.61 Å². The van der Waals surface area contributed by atoms with Crippen LogP contribution in [0.4, 0.5) is 0 Å². The summed E-state index contributed by atoms with van der Waals surface area (Å²) >= 11 is 0. The molecule has 31 heavy (non-hydrogen) atoms. The number of nitrogens with zero attached hydrogens (tertiary/aromatic N) is 2. The largest absolute Gasteiger partial charge is 0.494 e. The van der Waals surface area contributed by atoms with Crippen molar-refractivity contribution in [1.82, 2.24) is 9.88 Å². The van der Waals surface area contributed by atoms with Crippen LogP contribution in [0.3, 0.4) is 0 Å². The zero-order chi connectivity index (χ0) is 21.0. The molecular weight excluding hydrogens is 408 g/mol. The van der Waals surface area contributed by atoms with Crippen LogP contribution in [0.15, 0.2) is 52.9 Å². The average molecular weight is 443 g/mol. The van der Waals surface area contributed by atoms with Crippen LogP contribution in [-0.4, -0.2) is 36.1 Å². The highest BCUT2D eigenvalue weighted by Crippen LogP contribution is 2.18. The van der Waals surface area contributed by atoms with Gasteiger partial charge in [0.1, 0.15) is 11.3 Å². The van der Waals surface area contributed by atoms with E-state index in [1.807, 2.05) is 48.6 Å². The fraction of sp³-hybridized carbons (Fsp3) is 0.423. The molecule has 0 atom stereocenters. The second-order valence-corrected chi connectivity index (χ2v) is 7.67. The third-order valence-electron chi connectivity index (χ3n) is 5.15. The van der Waals surface area contributed by atoms with Crippen molar-refractivity contribution in [3.05, 3.63) is 60.0 Å². The highest BCUT2D eigenvalue weighted by molar-refractivity contribution is 5.85. The van der Waals surface area contributed by atoms with Crippen molar-refractivity contribution in [3.63, 3.8) is 0 Å². The van der Waals surface area contributed by atoms with Gasteiger partial charge in [-0.25, -0.2) is 4.98 Å². The van der Waals surface area contributed by atoms with Crippen molar-refractivity contribution in [3.8, 4) is 5.75 Å². The molecule has 2 aromatic carbocycles. The standard InChI is InChI=1S/C26H34N2O2.ClH/c1-3-5-18-28(19-6-4-2)20-9-21-29-23-15-12-22(13-16-23)14-17-26-27-24-10-7-8-11-25(24)30-26;/h7-8,10-17H,3-6,9,18-21H2,1-2H3;1H/b17-14+;. The molecule has 0 unspecified atom stereocenters. The molecular formula is C26H35ClN2O2. The van der Waals surface area contributed by atoms with Gasteiger partial charge < -0.3 is 14.1 Å². The smallest absolute Gasteiger partial charge is 0.220 e. The number of para-hydroxylation sites is 2. The molecule has 0 saturated carbocycles. The summed E-state index contributed by atoms with van der Waals surface area (Å²) in [6, 6.07) is 16.0. The fourth-order valence-corrected chi connectivity index (χ4v) is 3.38. The number of ether oxygens (including phenoxy) is 1. The number of benzene rings is 2. The molecule has 4 nitrogen and oxygen atoms in total. The summed E-state index contributed by atoms with van der Waals surface area (Å²) in [6.07, 6.45) is 10.0. The van der Waals surface area contributed by atoms with Gasteiger partial charge in [0.2, 0.25) is 5.89 Å². The van der Waals surface area contributed by atoms with E-state index in [1.54, 1.807) is 0 Å². The summed E-state index contributed by atoms with van der Waals surface area (Å²) in [7, 11) is 0. The van der Waals surface area contributed by atoms with Crippen LogP contribution in [0.25, 0.3) is 23.3 Å². The molecule has 5 heteroatoms. The van der Waals surface area contributed by atoms with Gasteiger partial charge in [-0.15, -0.1) is 12.4 Å². The maximum absolute atomic E-state index is 5.94. The molecule has 0 aliphatic carbocycles. The molecule has 0 bridgehead atoms. The van der Waals surface area contributed by atoms with Crippen molar-refractivity contribution in [2.24, 2.45) is 0 Å². The first kappa shape index (κ1) is 25.0. The van der Waals surface area contributed by atoms with Crippen molar-refractivity contribution < 1.29 is 9.15 Å². The predicted molar refractivity (Wildman–Crippen MR) is 133 cm³/mol. The van der Waals surface area contributed by atoms with Gasteiger partial charge in [-0.3, -0.25) is 0 Å². The molecule has 0 N–H and O–H groups in total. The van der Waals surface area contributed by atoms with Gasteiger partial charge in [-0.1, -0.05) is 51.0 Å². The van der Waals surface area contributed by atoms with E-state index in [2.05, 4.69) is 35.9 Å². The maximum Gasteiger partial charge on any atom is 0.220 e. The lowest BCUT2D eigenvalue weighted by Crippen LogP contribution is -2.28. The van der Waals surface area contributed by atoms with E-state index in [0.29, 0.717) is 5.89 Å². The minimum absolute atomic E-state index is 0. The Morgan fingerprint density at radius 3 is 2.23 bits per heavy atom. The maximum atomic E-state index is 5.94. The summed E-state index contributed by atoms with van der Waals surface area (Å²) in [5.74, 6) is 1.54. The van der Waals surface area contributed by atoms with Crippen molar-refractivity contribution >= 4 is 35.7 Å². The number of aromatic nitrogens is 1. The third kappa shape index (κ3) is 8.39. The molecule has 3 aromatic rings. The molecule has 0 fully saturated rings. The second-order valence-electron chi connectivity index (χ2n) is 7.67. The number of halogens is 1. The van der Waals surface area contributed by atoms with E-state index < -0.39 is 0 Å². The molecule has 3 rings (SSSR count). The van der Waals surface area contributed by atoms with E-state index in [0.717, 1.165) is 42.0 Å². The molecule has 1 aromatic heterocycles. The van der Waals surface area contributed by atoms with Crippen LogP contribution in [0.5, 0.6) is 5.75 Å². The minimum atomic E-state index is 0. The fourth-order valence-electron chi connectivity index (χ4n) is 3.38. The molecule has 0 amide bonds. The topological polar surface area (TPSA) is 38.5 Å². The number of hydrogen-bond donors (Lipinski definition) is 0. The van der Waals surface area contributed by atoms with Gasteiger partial charge in [0.25, 0.3) is 0 Å². The summed E-state index contributed by atoms with van der Waals surface area (Å²) in [6.45, 7) is 8.80. The molecule has 0 aliphatic rings. The number of hydrogen-bond acceptors (Lipinski definition) is 4. The first-order valence-electron chi connectivity index (χ1n) is 11.3. The summed E-state index contributed by atoms with van der Waals surface area (Å²) in [4.78, 5) is 7.04. The highest BCUT2D eigenvalue weighted by atomic mass is 35.5. The molecule has 0 spiro atoms. The Balaban J connectivity index is 0.00000341. The molecule has 168 valence electrons. The molecule has 1 heterocycles. The summed E-state index contributed by atoms with van der Waals surface area (Å²) in [5.41, 5.74) is 2.78. The Morgan fingerprint density at radius 2 is 1.55 bits per heavy atom. The van der Waals surface area contributed by atoms with Gasteiger partial charge in [-0.05, 0) is 68.3 Å². The summed E-state index contributed by atoms with van der Waals surface area (Å²) in [5, 5.41) is 0. The van der Waals surface area contributed by atoms with Crippen LogP contribution in [0, 0.1) is 0 Å². The van der Waals surface area contributed by atoms with E-state index in [9.17, 15) is 0 Å². The lowest BCUT2D eigenvalue weighted by molar-refractivity contribution is 0.229. The molecule has 0 radical (unpaired) electrons. The van der Waals surface area contributed by atoms with Crippen LogP contribution in [-0.2, 0) is 0 Å². The number of oxazole rings is 1. The van der Waals surface area contributed by atoms with Crippen LogP contribution >= 0.6 is 12.4 Å². The Morgan fingerprint density at radius 1 is 0.871 bits per heavy atom. The zero-order valence-electron chi connectivity index (χ0n) is 18.8. The van der Waals surface area contributed by atoms with Crippen molar-refractivity contribution in [1.29, 1.82) is 0 Å². The Labute approximate surface area is 192 Å². The minimum Gasteiger partial charge on any atom is -0.494 e. The van der Waals surface area contributed by atoms with Gasteiger partial charge in [0.15, 0.2) is 5.58 Å². The van der Waals surface area contributed by atoms with E-state index in [4.69, 9.17) is 9.15 Å². The Hall–Kier alpha value is -2.30. The Bertz CT molecular complexity index is 864. The first-order valence-corrected chi connectivity index (χ1v) is 11.3.